The van der Waals surface area contributed by atoms with Crippen LogP contribution in [0.25, 0.3) is 0 Å². The molecule has 1 heterocycles. The van der Waals surface area contributed by atoms with Crippen molar-refractivity contribution in [1.82, 2.24) is 5.32 Å². The van der Waals surface area contributed by atoms with E-state index in [1.807, 2.05) is 24.3 Å². The number of hydrogen-bond donors (Lipinski definition) is 1. The lowest BCUT2D eigenvalue weighted by molar-refractivity contribution is 0.0950. The molecule has 1 aliphatic heterocycles. The molecule has 2 nitrogen and oxygen atoms in total. The number of benzene rings is 2. The molecule has 0 saturated heterocycles. The van der Waals surface area contributed by atoms with Gasteiger partial charge in [-0.05, 0) is 23.3 Å². The normalized spacial score (nSPS) is 17.6. The summed E-state index contributed by atoms with van der Waals surface area (Å²) in [4.78, 5) is 12.5. The molecule has 0 fully saturated rings. The Bertz CT molecular complexity index is 669. The molecule has 2 aromatic carbocycles. The molecule has 0 aliphatic carbocycles. The zero-order chi connectivity index (χ0) is 14.1. The van der Waals surface area contributed by atoms with E-state index in [4.69, 9.17) is 0 Å². The monoisotopic (exact) mass is 273 g/mol. The third kappa shape index (κ3) is 2.12. The molecule has 1 aliphatic rings. The van der Waals surface area contributed by atoms with E-state index in [1.54, 1.807) is 0 Å². The molecule has 1 N–H and O–H groups in total. The predicted octanol–water partition coefficient (Wildman–Crippen LogP) is 3.03. The summed E-state index contributed by atoms with van der Waals surface area (Å²) in [7, 11) is 0. The van der Waals surface area contributed by atoms with Crippen molar-refractivity contribution >= 4 is 5.78 Å². The van der Waals surface area contributed by atoms with Crippen molar-refractivity contribution in [3.05, 3.63) is 70.8 Å². The fraction of sp³-hybridized carbons (Fsp3) is 0.188. The van der Waals surface area contributed by atoms with Gasteiger partial charge in [0.15, 0.2) is 17.4 Å². The summed E-state index contributed by atoms with van der Waals surface area (Å²) in [5, 5.41) is 3.14. The van der Waals surface area contributed by atoms with E-state index in [0.717, 1.165) is 17.2 Å². The van der Waals surface area contributed by atoms with E-state index >= 15 is 0 Å². The number of halogens is 2. The highest BCUT2D eigenvalue weighted by atomic mass is 19.2. The van der Waals surface area contributed by atoms with Crippen LogP contribution in [-0.2, 0) is 6.54 Å². The van der Waals surface area contributed by atoms with Gasteiger partial charge in [-0.25, -0.2) is 8.78 Å². The summed E-state index contributed by atoms with van der Waals surface area (Å²) in [6, 6.07) is 11.3. The van der Waals surface area contributed by atoms with Gasteiger partial charge in [0.25, 0.3) is 0 Å². The van der Waals surface area contributed by atoms with Gasteiger partial charge in [-0.2, -0.15) is 0 Å². The maximum absolute atomic E-state index is 13.8. The van der Waals surface area contributed by atoms with Gasteiger partial charge in [-0.15, -0.1) is 0 Å². The first-order valence-electron chi connectivity index (χ1n) is 6.45. The van der Waals surface area contributed by atoms with Crippen molar-refractivity contribution in [2.45, 2.75) is 12.5 Å². The summed E-state index contributed by atoms with van der Waals surface area (Å²) >= 11 is 0. The second-order valence-corrected chi connectivity index (χ2v) is 4.85. The highest BCUT2D eigenvalue weighted by molar-refractivity contribution is 6.01. The molecule has 0 saturated carbocycles. The minimum Gasteiger partial charge on any atom is -0.312 e. The molecular weight excluding hydrogens is 260 g/mol. The number of fused-ring (bicyclic) bond motifs is 1. The number of nitrogens with one attached hydrogen (secondary N) is 1. The fourth-order valence-electron chi connectivity index (χ4n) is 2.61. The zero-order valence-electron chi connectivity index (χ0n) is 10.7. The van der Waals surface area contributed by atoms with Gasteiger partial charge in [0, 0.05) is 13.1 Å². The number of hydrogen-bond acceptors (Lipinski definition) is 2. The topological polar surface area (TPSA) is 29.1 Å². The number of Topliss-reactive ketones (excluding diaryl/α,β-unsaturated/α-hetero) is 1. The lowest BCUT2D eigenvalue weighted by Gasteiger charge is -2.25. The Morgan fingerprint density at radius 2 is 1.90 bits per heavy atom. The Balaban J connectivity index is 2.02. The van der Waals surface area contributed by atoms with Crippen LogP contribution in [0.5, 0.6) is 0 Å². The first-order chi connectivity index (χ1) is 9.68. The summed E-state index contributed by atoms with van der Waals surface area (Å²) in [6.07, 6.45) is 0. The first-order valence-corrected chi connectivity index (χ1v) is 6.45. The molecule has 1 atom stereocenters. The average Bonchev–Trinajstić information content (AvgIpc) is 2.49. The van der Waals surface area contributed by atoms with Gasteiger partial charge in [0.2, 0.25) is 0 Å². The molecule has 3 rings (SSSR count). The van der Waals surface area contributed by atoms with E-state index < -0.39 is 17.6 Å². The largest absolute Gasteiger partial charge is 0.312 e. The Kier molecular flexibility index (Phi) is 3.32. The highest BCUT2D eigenvalue weighted by Crippen LogP contribution is 2.28. The third-order valence-corrected chi connectivity index (χ3v) is 3.63. The highest BCUT2D eigenvalue weighted by Gasteiger charge is 2.29. The number of ketones is 1. The number of carbonyl (C=O) groups is 1. The second kappa shape index (κ2) is 5.13. The van der Waals surface area contributed by atoms with Gasteiger partial charge in [0.05, 0.1) is 11.5 Å². The SMILES string of the molecule is O=C(c1cccc(F)c1F)C1CNCc2ccccc21. The summed E-state index contributed by atoms with van der Waals surface area (Å²) in [6.45, 7) is 1.12. The molecule has 0 spiro atoms. The standard InChI is InChI=1S/C16H13F2NO/c17-14-7-3-6-12(15(14)18)16(20)13-9-19-8-10-4-1-2-5-11(10)13/h1-7,13,19H,8-9H2. The van der Waals surface area contributed by atoms with Gasteiger partial charge < -0.3 is 5.32 Å². The molecule has 20 heavy (non-hydrogen) atoms. The summed E-state index contributed by atoms with van der Waals surface area (Å²) in [5.74, 6) is -2.92. The Morgan fingerprint density at radius 1 is 1.10 bits per heavy atom. The number of carbonyl (C=O) groups excluding carboxylic acids is 1. The van der Waals surface area contributed by atoms with E-state index in [-0.39, 0.29) is 11.3 Å². The van der Waals surface area contributed by atoms with Crippen molar-refractivity contribution in [3.8, 4) is 0 Å². The first kappa shape index (κ1) is 12.9. The van der Waals surface area contributed by atoms with E-state index in [2.05, 4.69) is 5.32 Å². The van der Waals surface area contributed by atoms with E-state index in [1.165, 1.54) is 12.1 Å². The predicted molar refractivity (Wildman–Crippen MR) is 71.6 cm³/mol. The van der Waals surface area contributed by atoms with E-state index in [0.29, 0.717) is 13.1 Å². The average molecular weight is 273 g/mol. The third-order valence-electron chi connectivity index (χ3n) is 3.63. The minimum atomic E-state index is -1.07. The quantitative estimate of drug-likeness (QED) is 0.852. The molecule has 0 amide bonds. The molecule has 4 heteroatoms. The van der Waals surface area contributed by atoms with Crippen LogP contribution in [0.3, 0.4) is 0 Å². The maximum Gasteiger partial charge on any atom is 0.174 e. The van der Waals surface area contributed by atoms with Crippen LogP contribution in [0.15, 0.2) is 42.5 Å². The smallest absolute Gasteiger partial charge is 0.174 e. The Labute approximate surface area is 115 Å². The summed E-state index contributed by atoms with van der Waals surface area (Å²) in [5.41, 5.74) is 1.72. The Morgan fingerprint density at radius 3 is 2.75 bits per heavy atom. The van der Waals surface area contributed by atoms with Crippen molar-refractivity contribution in [2.24, 2.45) is 0 Å². The second-order valence-electron chi connectivity index (χ2n) is 4.85. The summed E-state index contributed by atoms with van der Waals surface area (Å²) < 4.78 is 27.0. The van der Waals surface area contributed by atoms with Gasteiger partial charge in [0.1, 0.15) is 0 Å². The molecule has 0 bridgehead atoms. The molecule has 1 unspecified atom stereocenters. The van der Waals surface area contributed by atoms with Crippen LogP contribution < -0.4 is 5.32 Å². The van der Waals surface area contributed by atoms with Crippen LogP contribution in [0.1, 0.15) is 27.4 Å². The fourth-order valence-corrected chi connectivity index (χ4v) is 2.61. The van der Waals surface area contributed by atoms with Crippen LogP contribution in [0.2, 0.25) is 0 Å². The Hall–Kier alpha value is -2.07. The van der Waals surface area contributed by atoms with Gasteiger partial charge >= 0.3 is 0 Å². The lowest BCUT2D eigenvalue weighted by atomic mass is 9.85. The number of rotatable bonds is 2. The van der Waals surface area contributed by atoms with Crippen LogP contribution in [0.4, 0.5) is 8.78 Å². The molecular formula is C16H13F2NO. The van der Waals surface area contributed by atoms with E-state index in [9.17, 15) is 13.6 Å². The molecule has 102 valence electrons. The van der Waals surface area contributed by atoms with Gasteiger partial charge in [-0.1, -0.05) is 30.3 Å². The van der Waals surface area contributed by atoms with Crippen molar-refractivity contribution in [1.29, 1.82) is 0 Å². The van der Waals surface area contributed by atoms with Gasteiger partial charge in [-0.3, -0.25) is 4.79 Å². The molecule has 2 aromatic rings. The van der Waals surface area contributed by atoms with Crippen LogP contribution >= 0.6 is 0 Å². The molecule has 0 radical (unpaired) electrons. The lowest BCUT2D eigenvalue weighted by Crippen LogP contribution is -2.33. The van der Waals surface area contributed by atoms with Crippen molar-refractivity contribution in [2.75, 3.05) is 6.54 Å². The zero-order valence-corrected chi connectivity index (χ0v) is 10.7. The van der Waals surface area contributed by atoms with Crippen LogP contribution in [-0.4, -0.2) is 12.3 Å². The van der Waals surface area contributed by atoms with Crippen LogP contribution in [0, 0.1) is 11.6 Å². The minimum absolute atomic E-state index is 0.187. The van der Waals surface area contributed by atoms with Crippen molar-refractivity contribution < 1.29 is 13.6 Å². The maximum atomic E-state index is 13.8. The van der Waals surface area contributed by atoms with Crippen molar-refractivity contribution in [3.63, 3.8) is 0 Å². The molecule has 0 aromatic heterocycles.